The Balaban J connectivity index is 1.65. The third-order valence-corrected chi connectivity index (χ3v) is 4.71. The van der Waals surface area contributed by atoms with Crippen LogP contribution < -0.4 is 4.90 Å². The summed E-state index contributed by atoms with van der Waals surface area (Å²) < 4.78 is 5.05. The van der Waals surface area contributed by atoms with Crippen molar-refractivity contribution in [2.45, 2.75) is 19.5 Å². The van der Waals surface area contributed by atoms with Crippen LogP contribution in [0.1, 0.15) is 22.8 Å². The highest BCUT2D eigenvalue weighted by molar-refractivity contribution is 6.26. The Morgan fingerprint density at radius 3 is 2.68 bits per heavy atom. The van der Waals surface area contributed by atoms with E-state index in [-0.39, 0.29) is 11.8 Å². The first-order valence-corrected chi connectivity index (χ1v) is 8.19. The molecule has 0 radical (unpaired) electrons. The molecule has 5 heteroatoms. The van der Waals surface area contributed by atoms with E-state index in [2.05, 4.69) is 0 Å². The lowest BCUT2D eigenvalue weighted by Gasteiger charge is -2.28. The van der Waals surface area contributed by atoms with Crippen molar-refractivity contribution >= 4 is 28.3 Å². The second-order valence-corrected chi connectivity index (χ2v) is 6.36. The number of likely N-dealkylation sites (N-methyl/N-ethyl adjacent to an activating group) is 1. The van der Waals surface area contributed by atoms with Crippen LogP contribution in [0.2, 0.25) is 0 Å². The minimum absolute atomic E-state index is 0.112. The van der Waals surface area contributed by atoms with E-state index >= 15 is 0 Å². The number of benzene rings is 2. The van der Waals surface area contributed by atoms with Gasteiger partial charge in [0.25, 0.3) is 5.91 Å². The lowest BCUT2D eigenvalue weighted by atomic mass is 10.1. The third kappa shape index (κ3) is 2.39. The summed E-state index contributed by atoms with van der Waals surface area (Å²) in [7, 11) is 1.74. The standard InChI is InChI=1S/C20H18N2O3/c1-13(19(23)21(2)11-14-9-10-25-12-14)22-17-8-4-6-15-5-3-7-16(18(15)17)20(22)24/h3-10,12-13H,11H2,1-2H3/t13-/m1/s1. The largest absolute Gasteiger partial charge is 0.472 e. The quantitative estimate of drug-likeness (QED) is 0.734. The van der Waals surface area contributed by atoms with Gasteiger partial charge in [0.1, 0.15) is 6.04 Å². The lowest BCUT2D eigenvalue weighted by molar-refractivity contribution is -0.131. The number of hydrogen-bond acceptors (Lipinski definition) is 3. The molecular formula is C20H18N2O3. The molecule has 4 rings (SSSR count). The Kier molecular flexibility index (Phi) is 3.57. The van der Waals surface area contributed by atoms with Crippen molar-refractivity contribution in [2.75, 3.05) is 11.9 Å². The molecule has 1 atom stereocenters. The van der Waals surface area contributed by atoms with Crippen LogP contribution in [0.25, 0.3) is 10.8 Å². The second kappa shape index (κ2) is 5.77. The molecule has 126 valence electrons. The van der Waals surface area contributed by atoms with E-state index < -0.39 is 6.04 Å². The van der Waals surface area contributed by atoms with Crippen molar-refractivity contribution in [3.05, 3.63) is 66.1 Å². The first kappa shape index (κ1) is 15.4. The lowest BCUT2D eigenvalue weighted by Crippen LogP contribution is -2.47. The number of nitrogens with zero attached hydrogens (tertiary/aromatic N) is 2. The highest BCUT2D eigenvalue weighted by atomic mass is 16.3. The predicted octanol–water partition coefficient (Wildman–Crippen LogP) is 3.44. The summed E-state index contributed by atoms with van der Waals surface area (Å²) in [5, 5.41) is 1.93. The molecule has 0 saturated carbocycles. The number of amides is 2. The molecule has 5 nitrogen and oxygen atoms in total. The van der Waals surface area contributed by atoms with Gasteiger partial charge in [0.15, 0.2) is 0 Å². The van der Waals surface area contributed by atoms with Crippen molar-refractivity contribution in [3.63, 3.8) is 0 Å². The van der Waals surface area contributed by atoms with Gasteiger partial charge in [-0.15, -0.1) is 0 Å². The molecule has 1 aromatic heterocycles. The first-order chi connectivity index (χ1) is 12.1. The van der Waals surface area contributed by atoms with Crippen LogP contribution in [0.4, 0.5) is 5.69 Å². The summed E-state index contributed by atoms with van der Waals surface area (Å²) >= 11 is 0. The highest BCUT2D eigenvalue weighted by Gasteiger charge is 2.36. The SMILES string of the molecule is C[C@H](C(=O)N(C)Cc1ccoc1)N1C(=O)c2cccc3cccc1c23. The molecule has 2 aromatic carbocycles. The highest BCUT2D eigenvalue weighted by Crippen LogP contribution is 2.38. The normalized spacial score (nSPS) is 14.2. The number of furan rings is 1. The number of carbonyl (C=O) groups excluding carboxylic acids is 2. The van der Waals surface area contributed by atoms with E-state index in [0.717, 1.165) is 22.0 Å². The first-order valence-electron chi connectivity index (χ1n) is 8.19. The summed E-state index contributed by atoms with van der Waals surface area (Å²) in [4.78, 5) is 29.0. The fourth-order valence-corrected chi connectivity index (χ4v) is 3.49. The van der Waals surface area contributed by atoms with Crippen molar-refractivity contribution in [2.24, 2.45) is 0 Å². The Hall–Kier alpha value is -3.08. The molecule has 0 N–H and O–H groups in total. The number of carbonyl (C=O) groups is 2. The molecule has 0 fully saturated rings. The summed E-state index contributed by atoms with van der Waals surface area (Å²) in [6, 6.07) is 12.7. The van der Waals surface area contributed by atoms with E-state index in [1.54, 1.807) is 36.3 Å². The van der Waals surface area contributed by atoms with E-state index in [1.807, 2.05) is 42.5 Å². The zero-order chi connectivity index (χ0) is 17.6. The van der Waals surface area contributed by atoms with E-state index in [0.29, 0.717) is 12.1 Å². The monoisotopic (exact) mass is 334 g/mol. The zero-order valence-corrected chi connectivity index (χ0v) is 14.1. The molecule has 2 amide bonds. The van der Waals surface area contributed by atoms with Crippen LogP contribution in [0.3, 0.4) is 0 Å². The Bertz CT molecular complexity index is 957. The van der Waals surface area contributed by atoms with E-state index in [9.17, 15) is 9.59 Å². The molecule has 1 aliphatic rings. The van der Waals surface area contributed by atoms with Crippen molar-refractivity contribution in [1.82, 2.24) is 4.90 Å². The Labute approximate surface area is 145 Å². The minimum Gasteiger partial charge on any atom is -0.472 e. The average molecular weight is 334 g/mol. The van der Waals surface area contributed by atoms with Gasteiger partial charge in [-0.1, -0.05) is 24.3 Å². The molecule has 0 saturated heterocycles. The summed E-state index contributed by atoms with van der Waals surface area (Å²) in [6.45, 7) is 2.22. The van der Waals surface area contributed by atoms with Crippen LogP contribution in [0, 0.1) is 0 Å². The minimum atomic E-state index is -0.581. The van der Waals surface area contributed by atoms with Crippen LogP contribution in [-0.2, 0) is 11.3 Å². The number of anilines is 1. The van der Waals surface area contributed by atoms with Gasteiger partial charge in [0.2, 0.25) is 5.91 Å². The van der Waals surface area contributed by atoms with Crippen LogP contribution in [0.15, 0.2) is 59.4 Å². The number of rotatable bonds is 4. The van der Waals surface area contributed by atoms with Gasteiger partial charge in [-0.2, -0.15) is 0 Å². The molecular weight excluding hydrogens is 316 g/mol. The van der Waals surface area contributed by atoms with Crippen LogP contribution in [-0.4, -0.2) is 29.8 Å². The molecule has 0 aliphatic carbocycles. The average Bonchev–Trinajstić information content (AvgIpc) is 3.22. The summed E-state index contributed by atoms with van der Waals surface area (Å²) in [5.41, 5.74) is 2.38. The van der Waals surface area contributed by atoms with Crippen molar-refractivity contribution in [1.29, 1.82) is 0 Å². The maximum atomic E-state index is 12.9. The van der Waals surface area contributed by atoms with Crippen LogP contribution >= 0.6 is 0 Å². The van der Waals surface area contributed by atoms with Gasteiger partial charge in [-0.3, -0.25) is 14.5 Å². The number of hydrogen-bond donors (Lipinski definition) is 0. The Morgan fingerprint density at radius 2 is 1.96 bits per heavy atom. The topological polar surface area (TPSA) is 53.8 Å². The maximum absolute atomic E-state index is 12.9. The molecule has 0 bridgehead atoms. The van der Waals surface area contributed by atoms with Gasteiger partial charge >= 0.3 is 0 Å². The molecule has 1 aliphatic heterocycles. The smallest absolute Gasteiger partial charge is 0.259 e. The predicted molar refractivity (Wildman–Crippen MR) is 95.4 cm³/mol. The second-order valence-electron chi connectivity index (χ2n) is 6.36. The van der Waals surface area contributed by atoms with Gasteiger partial charge in [-0.05, 0) is 30.5 Å². The van der Waals surface area contributed by atoms with Gasteiger partial charge in [0.05, 0.1) is 18.2 Å². The molecule has 2 heterocycles. The zero-order valence-electron chi connectivity index (χ0n) is 14.1. The van der Waals surface area contributed by atoms with E-state index in [1.165, 1.54) is 0 Å². The Morgan fingerprint density at radius 1 is 1.20 bits per heavy atom. The maximum Gasteiger partial charge on any atom is 0.259 e. The third-order valence-electron chi connectivity index (χ3n) is 4.71. The van der Waals surface area contributed by atoms with Crippen molar-refractivity contribution < 1.29 is 14.0 Å². The molecule has 0 unspecified atom stereocenters. The summed E-state index contributed by atoms with van der Waals surface area (Å²) in [5.74, 6) is -0.233. The molecule has 3 aromatic rings. The fourth-order valence-electron chi connectivity index (χ4n) is 3.49. The van der Waals surface area contributed by atoms with Crippen LogP contribution in [0.5, 0.6) is 0 Å². The van der Waals surface area contributed by atoms with Gasteiger partial charge in [0, 0.05) is 30.1 Å². The summed E-state index contributed by atoms with van der Waals surface area (Å²) in [6.07, 6.45) is 3.20. The van der Waals surface area contributed by atoms with Gasteiger partial charge in [-0.25, -0.2) is 0 Å². The van der Waals surface area contributed by atoms with E-state index in [4.69, 9.17) is 4.42 Å². The van der Waals surface area contributed by atoms with Gasteiger partial charge < -0.3 is 9.32 Å². The fraction of sp³-hybridized carbons (Fsp3) is 0.200. The molecule has 25 heavy (non-hydrogen) atoms. The van der Waals surface area contributed by atoms with Crippen molar-refractivity contribution in [3.8, 4) is 0 Å². The molecule has 0 spiro atoms.